The number of sulfonamides is 1. The van der Waals surface area contributed by atoms with Gasteiger partial charge in [-0.15, -0.1) is 0 Å². The van der Waals surface area contributed by atoms with Crippen LogP contribution in [0.1, 0.15) is 30.9 Å². The lowest BCUT2D eigenvalue weighted by atomic mass is 9.98. The van der Waals surface area contributed by atoms with Crippen LogP contribution in [0.25, 0.3) is 0 Å². The summed E-state index contributed by atoms with van der Waals surface area (Å²) in [6.45, 7) is 0.990. The Balaban J connectivity index is 2.28. The van der Waals surface area contributed by atoms with E-state index in [1.807, 2.05) is 6.07 Å². The molecule has 1 aromatic rings. The van der Waals surface area contributed by atoms with Crippen LogP contribution >= 0.6 is 0 Å². The first-order chi connectivity index (χ1) is 7.57. The standard InChI is InChI=1S/C11H16N2O2S/c12-16(14,15)10-5-3-4-9(8-10)11-6-1-2-7-13-11/h3-5,8,11,13H,1-2,6-7H2,(H2,12,14,15)/t11-/m1/s1. The molecule has 0 spiro atoms. The number of benzene rings is 1. The molecule has 1 atom stereocenters. The van der Waals surface area contributed by atoms with Crippen molar-refractivity contribution < 1.29 is 8.42 Å². The minimum absolute atomic E-state index is 0.192. The third kappa shape index (κ3) is 2.61. The summed E-state index contributed by atoms with van der Waals surface area (Å²) in [4.78, 5) is 0.192. The SMILES string of the molecule is NS(=O)(=O)c1cccc([C@H]2CCCCN2)c1. The molecule has 1 heterocycles. The molecule has 0 amide bonds. The van der Waals surface area contributed by atoms with Crippen molar-refractivity contribution in [3.63, 3.8) is 0 Å². The molecule has 0 radical (unpaired) electrons. The second-order valence-electron chi connectivity index (χ2n) is 4.12. The van der Waals surface area contributed by atoms with Gasteiger partial charge in [0, 0.05) is 6.04 Å². The highest BCUT2D eigenvalue weighted by atomic mass is 32.2. The van der Waals surface area contributed by atoms with Gasteiger partial charge in [-0.05, 0) is 37.1 Å². The van der Waals surface area contributed by atoms with Gasteiger partial charge >= 0.3 is 0 Å². The third-order valence-corrected chi connectivity index (χ3v) is 3.81. The van der Waals surface area contributed by atoms with Gasteiger partial charge in [-0.3, -0.25) is 0 Å². The van der Waals surface area contributed by atoms with Crippen molar-refractivity contribution in [2.75, 3.05) is 6.54 Å². The van der Waals surface area contributed by atoms with E-state index in [1.54, 1.807) is 12.1 Å². The number of nitrogens with two attached hydrogens (primary N) is 1. The third-order valence-electron chi connectivity index (χ3n) is 2.90. The normalized spacial score (nSPS) is 21.9. The Labute approximate surface area is 95.9 Å². The van der Waals surface area contributed by atoms with Crippen LogP contribution in [-0.4, -0.2) is 15.0 Å². The number of nitrogens with one attached hydrogen (secondary N) is 1. The first-order valence-corrected chi connectivity index (χ1v) is 6.98. The van der Waals surface area contributed by atoms with Crippen LogP contribution in [-0.2, 0) is 10.0 Å². The Hall–Kier alpha value is -0.910. The topological polar surface area (TPSA) is 72.2 Å². The minimum atomic E-state index is -3.59. The molecule has 2 rings (SSSR count). The maximum atomic E-state index is 11.2. The van der Waals surface area contributed by atoms with E-state index < -0.39 is 10.0 Å². The number of hydrogen-bond acceptors (Lipinski definition) is 3. The Morgan fingerprint density at radius 1 is 1.31 bits per heavy atom. The summed E-state index contributed by atoms with van der Waals surface area (Å²) in [5.74, 6) is 0. The molecule has 1 aromatic carbocycles. The summed E-state index contributed by atoms with van der Waals surface area (Å²) in [6, 6.07) is 7.14. The molecule has 1 saturated heterocycles. The van der Waals surface area contributed by atoms with Crippen molar-refractivity contribution >= 4 is 10.0 Å². The second kappa shape index (κ2) is 4.53. The van der Waals surface area contributed by atoms with Crippen LogP contribution in [0.15, 0.2) is 29.2 Å². The van der Waals surface area contributed by atoms with Gasteiger partial charge in [0.2, 0.25) is 10.0 Å². The predicted molar refractivity (Wildman–Crippen MR) is 62.4 cm³/mol. The van der Waals surface area contributed by atoms with Crippen LogP contribution in [0.5, 0.6) is 0 Å². The van der Waals surface area contributed by atoms with Crippen molar-refractivity contribution in [3.05, 3.63) is 29.8 Å². The van der Waals surface area contributed by atoms with E-state index in [0.717, 1.165) is 18.5 Å². The summed E-state index contributed by atoms with van der Waals surface area (Å²) in [5, 5.41) is 8.49. The molecular weight excluding hydrogens is 224 g/mol. The number of rotatable bonds is 2. The van der Waals surface area contributed by atoms with Crippen LogP contribution < -0.4 is 10.5 Å². The maximum Gasteiger partial charge on any atom is 0.238 e. The van der Waals surface area contributed by atoms with Crippen LogP contribution in [0.3, 0.4) is 0 Å². The largest absolute Gasteiger partial charge is 0.310 e. The zero-order valence-electron chi connectivity index (χ0n) is 9.02. The van der Waals surface area contributed by atoms with Crippen molar-refractivity contribution in [2.45, 2.75) is 30.2 Å². The molecule has 0 unspecified atom stereocenters. The van der Waals surface area contributed by atoms with E-state index >= 15 is 0 Å². The van der Waals surface area contributed by atoms with E-state index in [1.165, 1.54) is 18.9 Å². The Morgan fingerprint density at radius 2 is 2.12 bits per heavy atom. The highest BCUT2D eigenvalue weighted by Crippen LogP contribution is 2.24. The van der Waals surface area contributed by atoms with Crippen molar-refractivity contribution in [2.24, 2.45) is 5.14 Å². The zero-order valence-corrected chi connectivity index (χ0v) is 9.83. The van der Waals surface area contributed by atoms with Crippen LogP contribution in [0.2, 0.25) is 0 Å². The lowest BCUT2D eigenvalue weighted by Crippen LogP contribution is -2.27. The van der Waals surface area contributed by atoms with E-state index in [9.17, 15) is 8.42 Å². The molecular formula is C11H16N2O2S. The van der Waals surface area contributed by atoms with Gasteiger partial charge in [0.1, 0.15) is 0 Å². The number of primary sulfonamides is 1. The van der Waals surface area contributed by atoms with Crippen molar-refractivity contribution in [1.82, 2.24) is 5.32 Å². The smallest absolute Gasteiger partial charge is 0.238 e. The Kier molecular flexibility index (Phi) is 3.28. The van der Waals surface area contributed by atoms with Crippen LogP contribution in [0.4, 0.5) is 0 Å². The van der Waals surface area contributed by atoms with Gasteiger partial charge < -0.3 is 5.32 Å². The summed E-state index contributed by atoms with van der Waals surface area (Å²) in [6.07, 6.45) is 3.41. The highest BCUT2D eigenvalue weighted by Gasteiger charge is 2.16. The van der Waals surface area contributed by atoms with Gasteiger partial charge in [0.25, 0.3) is 0 Å². The number of hydrogen-bond donors (Lipinski definition) is 2. The quantitative estimate of drug-likeness (QED) is 0.814. The molecule has 0 aliphatic carbocycles. The molecule has 88 valence electrons. The minimum Gasteiger partial charge on any atom is -0.310 e. The van der Waals surface area contributed by atoms with Crippen molar-refractivity contribution in [1.29, 1.82) is 0 Å². The molecule has 0 aromatic heterocycles. The van der Waals surface area contributed by atoms with Gasteiger partial charge in [-0.2, -0.15) is 0 Å². The molecule has 0 bridgehead atoms. The van der Waals surface area contributed by atoms with Gasteiger partial charge in [0.15, 0.2) is 0 Å². The van der Waals surface area contributed by atoms with Gasteiger partial charge in [-0.25, -0.2) is 13.6 Å². The van der Waals surface area contributed by atoms with E-state index in [2.05, 4.69) is 5.32 Å². The molecule has 3 N–H and O–H groups in total. The average Bonchev–Trinajstić information content (AvgIpc) is 2.29. The van der Waals surface area contributed by atoms with E-state index in [4.69, 9.17) is 5.14 Å². The van der Waals surface area contributed by atoms with E-state index in [0.29, 0.717) is 0 Å². The lowest BCUT2D eigenvalue weighted by molar-refractivity contribution is 0.412. The molecule has 1 aliphatic rings. The molecule has 4 nitrogen and oxygen atoms in total. The summed E-state index contributed by atoms with van der Waals surface area (Å²) < 4.78 is 22.5. The van der Waals surface area contributed by atoms with Gasteiger partial charge in [0.05, 0.1) is 4.90 Å². The molecule has 1 fully saturated rings. The molecule has 0 saturated carbocycles. The fraction of sp³-hybridized carbons (Fsp3) is 0.455. The number of piperidine rings is 1. The predicted octanol–water partition coefficient (Wildman–Crippen LogP) is 1.15. The molecule has 5 heteroatoms. The Bertz CT molecular complexity index is 465. The first-order valence-electron chi connectivity index (χ1n) is 5.43. The molecule has 1 aliphatic heterocycles. The summed E-state index contributed by atoms with van der Waals surface area (Å²) >= 11 is 0. The maximum absolute atomic E-state index is 11.2. The molecule has 16 heavy (non-hydrogen) atoms. The monoisotopic (exact) mass is 240 g/mol. The van der Waals surface area contributed by atoms with Crippen LogP contribution in [0, 0.1) is 0 Å². The second-order valence-corrected chi connectivity index (χ2v) is 5.68. The zero-order chi connectivity index (χ0) is 11.6. The fourth-order valence-electron chi connectivity index (χ4n) is 2.04. The summed E-state index contributed by atoms with van der Waals surface area (Å²) in [5.41, 5.74) is 1.01. The Morgan fingerprint density at radius 3 is 2.75 bits per heavy atom. The van der Waals surface area contributed by atoms with E-state index in [-0.39, 0.29) is 10.9 Å². The average molecular weight is 240 g/mol. The summed E-state index contributed by atoms with van der Waals surface area (Å²) in [7, 11) is -3.59. The van der Waals surface area contributed by atoms with Crippen molar-refractivity contribution in [3.8, 4) is 0 Å². The fourth-order valence-corrected chi connectivity index (χ4v) is 2.61. The highest BCUT2D eigenvalue weighted by molar-refractivity contribution is 7.89. The van der Waals surface area contributed by atoms with Gasteiger partial charge in [-0.1, -0.05) is 18.6 Å². The first kappa shape index (κ1) is 11.6. The lowest BCUT2D eigenvalue weighted by Gasteiger charge is -2.24.